The van der Waals surface area contributed by atoms with Gasteiger partial charge in [0.25, 0.3) is 0 Å². The molecular weight excluding hydrogens is 256 g/mol. The molecule has 0 unspecified atom stereocenters. The van der Waals surface area contributed by atoms with Crippen molar-refractivity contribution in [3.8, 4) is 0 Å². The molecule has 0 radical (unpaired) electrons. The normalized spacial score (nSPS) is 10.8. The van der Waals surface area contributed by atoms with Crippen LogP contribution in [0.1, 0.15) is 25.1 Å². The lowest BCUT2D eigenvalue weighted by molar-refractivity contribution is -0.121. The first-order valence-electron chi connectivity index (χ1n) is 5.51. The van der Waals surface area contributed by atoms with Crippen LogP contribution in [0.4, 0.5) is 0 Å². The Labute approximate surface area is 113 Å². The molecule has 0 atom stereocenters. The molecule has 0 fully saturated rings. The van der Waals surface area contributed by atoms with E-state index in [4.69, 9.17) is 0 Å². The molecule has 0 aliphatic rings. The first-order valence-corrected chi connectivity index (χ1v) is 6.39. The van der Waals surface area contributed by atoms with Crippen LogP contribution in [-0.2, 0) is 10.2 Å². The summed E-state index contributed by atoms with van der Waals surface area (Å²) in [6.45, 7) is 5.72. The highest BCUT2D eigenvalue weighted by Crippen LogP contribution is 2.26. The molecule has 0 aliphatic carbocycles. The predicted octanol–water partition coefficient (Wildman–Crippen LogP) is 2.17. The van der Waals surface area contributed by atoms with Crippen molar-refractivity contribution >= 4 is 29.7 Å². The number of hydrogen-bond acceptors (Lipinski definition) is 3. The number of rotatable bonds is 6. The summed E-state index contributed by atoms with van der Waals surface area (Å²) < 4.78 is 0. The Kier molecular flexibility index (Phi) is 7.43. The molecule has 0 saturated heterocycles. The molecule has 0 bridgehead atoms. The maximum Gasteiger partial charge on any atom is 0.221 e. The zero-order valence-corrected chi connectivity index (χ0v) is 12.2. The second kappa shape index (κ2) is 7.69. The van der Waals surface area contributed by atoms with Gasteiger partial charge in [0.05, 0.1) is 0 Å². The van der Waals surface area contributed by atoms with Gasteiger partial charge >= 0.3 is 0 Å². The van der Waals surface area contributed by atoms with Gasteiger partial charge in [-0.05, 0) is 18.5 Å². The highest BCUT2D eigenvalue weighted by molar-refractivity contribution is 7.10. The molecule has 1 amide bonds. The van der Waals surface area contributed by atoms with Crippen molar-refractivity contribution in [2.45, 2.75) is 25.7 Å². The number of amides is 1. The first kappa shape index (κ1) is 16.4. The first-order chi connectivity index (χ1) is 7.56. The van der Waals surface area contributed by atoms with E-state index in [9.17, 15) is 4.79 Å². The van der Waals surface area contributed by atoms with E-state index in [1.807, 2.05) is 13.1 Å². The summed E-state index contributed by atoms with van der Waals surface area (Å²) in [6, 6.07) is 4.16. The molecule has 1 rings (SSSR count). The number of carbonyl (C=O) groups is 1. The summed E-state index contributed by atoms with van der Waals surface area (Å²) in [5.74, 6) is 0.110. The topological polar surface area (TPSA) is 41.1 Å². The maximum atomic E-state index is 11.5. The van der Waals surface area contributed by atoms with Crippen LogP contribution in [0.2, 0.25) is 0 Å². The Morgan fingerprint density at radius 3 is 2.71 bits per heavy atom. The van der Waals surface area contributed by atoms with Crippen LogP contribution in [0, 0.1) is 0 Å². The number of halogens is 1. The van der Waals surface area contributed by atoms with E-state index in [0.29, 0.717) is 13.0 Å². The highest BCUT2D eigenvalue weighted by Gasteiger charge is 2.22. The Morgan fingerprint density at radius 2 is 2.18 bits per heavy atom. The molecule has 5 heteroatoms. The quantitative estimate of drug-likeness (QED) is 0.836. The van der Waals surface area contributed by atoms with Crippen molar-refractivity contribution < 1.29 is 4.79 Å². The van der Waals surface area contributed by atoms with Crippen LogP contribution >= 0.6 is 23.7 Å². The molecule has 0 aliphatic heterocycles. The SMILES string of the molecule is CNCCC(=O)NCC(C)(C)c1cccs1.Cl. The van der Waals surface area contributed by atoms with Crippen molar-refractivity contribution in [1.82, 2.24) is 10.6 Å². The van der Waals surface area contributed by atoms with Crippen LogP contribution in [0.3, 0.4) is 0 Å². The summed E-state index contributed by atoms with van der Waals surface area (Å²) in [5, 5.41) is 8.01. The third kappa shape index (κ3) is 5.52. The van der Waals surface area contributed by atoms with Crippen molar-refractivity contribution in [2.24, 2.45) is 0 Å². The van der Waals surface area contributed by atoms with Gasteiger partial charge in [0.15, 0.2) is 0 Å². The van der Waals surface area contributed by atoms with Crippen molar-refractivity contribution in [1.29, 1.82) is 0 Å². The number of thiophene rings is 1. The third-order valence-corrected chi connectivity index (χ3v) is 3.75. The molecule has 98 valence electrons. The van der Waals surface area contributed by atoms with Gasteiger partial charge in [-0.15, -0.1) is 23.7 Å². The van der Waals surface area contributed by atoms with E-state index in [1.54, 1.807) is 11.3 Å². The lowest BCUT2D eigenvalue weighted by atomic mass is 9.91. The molecular formula is C12H21ClN2OS. The van der Waals surface area contributed by atoms with Crippen LogP contribution < -0.4 is 10.6 Å². The second-order valence-electron chi connectivity index (χ2n) is 4.49. The van der Waals surface area contributed by atoms with E-state index >= 15 is 0 Å². The summed E-state index contributed by atoms with van der Waals surface area (Å²) in [4.78, 5) is 12.8. The average molecular weight is 277 g/mol. The minimum atomic E-state index is 0. The standard InChI is InChI=1S/C12H20N2OS.ClH/c1-12(2,10-5-4-8-16-10)9-14-11(15)6-7-13-3;/h4-5,8,13H,6-7,9H2,1-3H3,(H,14,15);1H. The Hall–Kier alpha value is -0.580. The molecule has 2 N–H and O–H groups in total. The number of hydrogen-bond donors (Lipinski definition) is 2. The summed E-state index contributed by atoms with van der Waals surface area (Å²) in [6.07, 6.45) is 0.539. The maximum absolute atomic E-state index is 11.5. The Morgan fingerprint density at radius 1 is 1.47 bits per heavy atom. The number of carbonyl (C=O) groups excluding carboxylic acids is 1. The predicted molar refractivity (Wildman–Crippen MR) is 76.1 cm³/mol. The van der Waals surface area contributed by atoms with Crippen molar-refractivity contribution in [3.63, 3.8) is 0 Å². The summed E-state index contributed by atoms with van der Waals surface area (Å²) >= 11 is 1.74. The van der Waals surface area contributed by atoms with Crippen molar-refractivity contribution in [2.75, 3.05) is 20.1 Å². The highest BCUT2D eigenvalue weighted by atomic mass is 35.5. The van der Waals surface area contributed by atoms with E-state index in [-0.39, 0.29) is 23.7 Å². The van der Waals surface area contributed by atoms with Crippen LogP contribution in [0.5, 0.6) is 0 Å². The summed E-state index contributed by atoms with van der Waals surface area (Å²) in [7, 11) is 1.85. The average Bonchev–Trinajstić information content (AvgIpc) is 2.77. The molecule has 1 aromatic heterocycles. The molecule has 0 spiro atoms. The molecule has 1 heterocycles. The lowest BCUT2D eigenvalue weighted by Gasteiger charge is -2.23. The molecule has 0 aromatic carbocycles. The van der Waals surface area contributed by atoms with E-state index < -0.39 is 0 Å². The van der Waals surface area contributed by atoms with Crippen LogP contribution in [-0.4, -0.2) is 26.0 Å². The van der Waals surface area contributed by atoms with Gasteiger partial charge in [0.2, 0.25) is 5.91 Å². The zero-order valence-electron chi connectivity index (χ0n) is 10.6. The van der Waals surface area contributed by atoms with Gasteiger partial charge in [0.1, 0.15) is 0 Å². The third-order valence-electron chi connectivity index (χ3n) is 2.52. The largest absolute Gasteiger partial charge is 0.355 e. The fourth-order valence-corrected chi connectivity index (χ4v) is 2.25. The van der Waals surface area contributed by atoms with E-state index in [1.165, 1.54) is 4.88 Å². The van der Waals surface area contributed by atoms with Gasteiger partial charge in [-0.1, -0.05) is 19.9 Å². The second-order valence-corrected chi connectivity index (χ2v) is 5.44. The fourth-order valence-electron chi connectivity index (χ4n) is 1.40. The lowest BCUT2D eigenvalue weighted by Crippen LogP contribution is -2.37. The van der Waals surface area contributed by atoms with Gasteiger partial charge < -0.3 is 10.6 Å². The Balaban J connectivity index is 0.00000256. The van der Waals surface area contributed by atoms with E-state index in [0.717, 1.165) is 6.54 Å². The van der Waals surface area contributed by atoms with Crippen molar-refractivity contribution in [3.05, 3.63) is 22.4 Å². The monoisotopic (exact) mass is 276 g/mol. The molecule has 1 aromatic rings. The van der Waals surface area contributed by atoms with Gasteiger partial charge in [-0.2, -0.15) is 0 Å². The van der Waals surface area contributed by atoms with E-state index in [2.05, 4.69) is 35.9 Å². The summed E-state index contributed by atoms with van der Waals surface area (Å²) in [5.41, 5.74) is 0.0173. The minimum absolute atomic E-state index is 0. The van der Waals surface area contributed by atoms with Gasteiger partial charge in [0, 0.05) is 29.8 Å². The van der Waals surface area contributed by atoms with Crippen LogP contribution in [0.15, 0.2) is 17.5 Å². The zero-order chi connectivity index (χ0) is 12.0. The number of nitrogens with one attached hydrogen (secondary N) is 2. The molecule has 17 heavy (non-hydrogen) atoms. The Bertz CT molecular complexity index is 325. The fraction of sp³-hybridized carbons (Fsp3) is 0.583. The minimum Gasteiger partial charge on any atom is -0.355 e. The molecule has 3 nitrogen and oxygen atoms in total. The van der Waals surface area contributed by atoms with Gasteiger partial charge in [-0.25, -0.2) is 0 Å². The van der Waals surface area contributed by atoms with Gasteiger partial charge in [-0.3, -0.25) is 4.79 Å². The molecule has 0 saturated carbocycles. The van der Waals surface area contributed by atoms with Crippen LogP contribution in [0.25, 0.3) is 0 Å². The smallest absolute Gasteiger partial charge is 0.221 e.